The first-order chi connectivity index (χ1) is 19.4. The van der Waals surface area contributed by atoms with Gasteiger partial charge in [0.05, 0.1) is 5.69 Å². The molecule has 1 aliphatic heterocycles. The van der Waals surface area contributed by atoms with Crippen LogP contribution >= 0.6 is 0 Å². The molecule has 0 fully saturated rings. The van der Waals surface area contributed by atoms with Crippen LogP contribution in [-0.4, -0.2) is 6.04 Å². The summed E-state index contributed by atoms with van der Waals surface area (Å²) in [6, 6.07) is 23.2. The van der Waals surface area contributed by atoms with Gasteiger partial charge < -0.3 is 4.90 Å². The van der Waals surface area contributed by atoms with Crippen LogP contribution in [0.1, 0.15) is 47.8 Å². The Balaban J connectivity index is 1.36. The Morgan fingerprint density at radius 3 is 2.36 bits per heavy atom. The molecule has 0 radical (unpaired) electrons. The van der Waals surface area contributed by atoms with E-state index in [-0.39, 0.29) is 0 Å². The van der Waals surface area contributed by atoms with Crippen LogP contribution < -0.4 is 4.90 Å². The van der Waals surface area contributed by atoms with Gasteiger partial charge in [0, 0.05) is 40.8 Å². The molecule has 3 aromatic carbocycles. The molecule has 3 aromatic rings. The number of fused-ring (bicyclic) bond motifs is 6. The topological polar surface area (TPSA) is 3.24 Å². The average molecular weight is 504 g/mol. The van der Waals surface area contributed by atoms with Gasteiger partial charge in [-0.15, -0.1) is 0 Å². The van der Waals surface area contributed by atoms with E-state index >= 15 is 0 Å². The van der Waals surface area contributed by atoms with E-state index in [4.69, 9.17) is 0 Å². The molecular weight excluding hydrogens is 470 g/mol. The third-order valence-electron chi connectivity index (χ3n) is 9.44. The van der Waals surface area contributed by atoms with Gasteiger partial charge in [-0.25, -0.2) is 0 Å². The Bertz CT molecular complexity index is 1660. The summed E-state index contributed by atoms with van der Waals surface area (Å²) in [7, 11) is 0. The van der Waals surface area contributed by atoms with Crippen molar-refractivity contribution in [2.75, 3.05) is 4.90 Å². The van der Waals surface area contributed by atoms with Crippen molar-refractivity contribution in [1.82, 2.24) is 0 Å². The number of allylic oxidation sites excluding steroid dienone is 12. The summed E-state index contributed by atoms with van der Waals surface area (Å²) >= 11 is 0. The van der Waals surface area contributed by atoms with Crippen LogP contribution in [0.2, 0.25) is 0 Å². The van der Waals surface area contributed by atoms with Crippen LogP contribution in [0.3, 0.4) is 0 Å². The lowest BCUT2D eigenvalue weighted by Crippen LogP contribution is -2.38. The maximum Gasteiger partial charge on any atom is 0.0530 e. The van der Waals surface area contributed by atoms with E-state index < -0.39 is 0 Å². The Labute approximate surface area is 231 Å². The lowest BCUT2D eigenvalue weighted by molar-refractivity contribution is 0.517. The highest BCUT2D eigenvalue weighted by Crippen LogP contribution is 2.55. The molecule has 8 rings (SSSR count). The highest BCUT2D eigenvalue weighted by atomic mass is 15.2. The summed E-state index contributed by atoms with van der Waals surface area (Å²) < 4.78 is 0. The van der Waals surface area contributed by atoms with Gasteiger partial charge in [-0.05, 0) is 53.0 Å². The molecule has 0 spiro atoms. The predicted molar refractivity (Wildman–Crippen MR) is 165 cm³/mol. The fourth-order valence-corrected chi connectivity index (χ4v) is 7.65. The first-order valence-corrected chi connectivity index (χ1v) is 14.5. The Kier molecular flexibility index (Phi) is 5.43. The van der Waals surface area contributed by atoms with Crippen molar-refractivity contribution < 1.29 is 0 Å². The van der Waals surface area contributed by atoms with Crippen LogP contribution in [-0.2, 0) is 0 Å². The molecule has 4 aliphatic carbocycles. The van der Waals surface area contributed by atoms with E-state index in [0.717, 1.165) is 19.3 Å². The predicted octanol–water partition coefficient (Wildman–Crippen LogP) is 9.40. The zero-order valence-corrected chi connectivity index (χ0v) is 22.2. The fraction of sp³-hybridized carbons (Fsp3) is 0.211. The van der Waals surface area contributed by atoms with E-state index in [0.29, 0.717) is 29.7 Å². The Hall–Kier alpha value is -4.10. The molecule has 0 bridgehead atoms. The molecule has 1 heteroatoms. The van der Waals surface area contributed by atoms with E-state index in [9.17, 15) is 0 Å². The maximum absolute atomic E-state index is 2.77. The second kappa shape index (κ2) is 9.27. The first-order valence-electron chi connectivity index (χ1n) is 14.5. The van der Waals surface area contributed by atoms with Gasteiger partial charge in [-0.2, -0.15) is 0 Å². The molecule has 5 aliphatic rings. The summed E-state index contributed by atoms with van der Waals surface area (Å²) in [6.07, 6.45) is 31.3. The van der Waals surface area contributed by atoms with Gasteiger partial charge in [-0.3, -0.25) is 0 Å². The number of anilines is 1. The molecule has 0 aromatic heterocycles. The summed E-state index contributed by atoms with van der Waals surface area (Å²) in [4.78, 5) is 2.77. The van der Waals surface area contributed by atoms with E-state index in [1.54, 1.807) is 0 Å². The molecule has 5 unspecified atom stereocenters. The first kappa shape index (κ1) is 22.8. The molecule has 0 amide bonds. The molecule has 39 heavy (non-hydrogen) atoms. The molecule has 1 nitrogen and oxygen atoms in total. The van der Waals surface area contributed by atoms with Gasteiger partial charge >= 0.3 is 0 Å². The second-order valence-electron chi connectivity index (χ2n) is 11.5. The van der Waals surface area contributed by atoms with Crippen molar-refractivity contribution in [3.8, 4) is 0 Å². The zero-order chi connectivity index (χ0) is 25.8. The van der Waals surface area contributed by atoms with E-state index in [2.05, 4.69) is 138 Å². The molecule has 190 valence electrons. The minimum absolute atomic E-state index is 0.379. The number of hydrogen-bond donors (Lipinski definition) is 0. The minimum atomic E-state index is 0.379. The normalized spacial score (nSPS) is 28.2. The monoisotopic (exact) mass is 503 g/mol. The van der Waals surface area contributed by atoms with Crippen LogP contribution in [0.15, 0.2) is 139 Å². The summed E-state index contributed by atoms with van der Waals surface area (Å²) in [5.74, 6) is 1.62. The van der Waals surface area contributed by atoms with Crippen molar-refractivity contribution in [1.29, 1.82) is 0 Å². The quantitative estimate of drug-likeness (QED) is 0.344. The second-order valence-corrected chi connectivity index (χ2v) is 11.5. The lowest BCUT2D eigenvalue weighted by atomic mass is 9.79. The van der Waals surface area contributed by atoms with Crippen molar-refractivity contribution in [2.45, 2.75) is 37.1 Å². The van der Waals surface area contributed by atoms with Gasteiger partial charge in [0.25, 0.3) is 0 Å². The van der Waals surface area contributed by atoms with Crippen LogP contribution in [0.25, 0.3) is 16.3 Å². The van der Waals surface area contributed by atoms with Gasteiger partial charge in [0.1, 0.15) is 0 Å². The van der Waals surface area contributed by atoms with E-state index in [1.165, 1.54) is 44.4 Å². The molecule has 0 saturated heterocycles. The SMILES string of the molecule is C1=CCC(c2cc3c(c4ccccc24)N(C2=CC=CC4C=CC=CC24)C2CCC(c4ccccc4)=CC32)C=C1. The molecule has 0 N–H and O–H groups in total. The molecular formula is C38H33N. The maximum atomic E-state index is 2.77. The molecule has 5 atom stereocenters. The van der Waals surface area contributed by atoms with E-state index in [1.807, 2.05) is 0 Å². The van der Waals surface area contributed by atoms with Crippen LogP contribution in [0.5, 0.6) is 0 Å². The summed E-state index contributed by atoms with van der Waals surface area (Å²) in [5.41, 5.74) is 8.74. The number of benzene rings is 3. The smallest absolute Gasteiger partial charge is 0.0530 e. The number of hydrogen-bond acceptors (Lipinski definition) is 1. The van der Waals surface area contributed by atoms with Gasteiger partial charge in [0.15, 0.2) is 0 Å². The lowest BCUT2D eigenvalue weighted by Gasteiger charge is -2.40. The minimum Gasteiger partial charge on any atom is -0.340 e. The van der Waals surface area contributed by atoms with Crippen molar-refractivity contribution in [2.24, 2.45) is 11.8 Å². The van der Waals surface area contributed by atoms with Gasteiger partial charge in [0.2, 0.25) is 0 Å². The zero-order valence-electron chi connectivity index (χ0n) is 22.2. The molecule has 1 heterocycles. The Morgan fingerprint density at radius 1 is 0.692 bits per heavy atom. The van der Waals surface area contributed by atoms with Crippen molar-refractivity contribution >= 4 is 22.0 Å². The summed E-state index contributed by atoms with van der Waals surface area (Å²) in [6.45, 7) is 0. The summed E-state index contributed by atoms with van der Waals surface area (Å²) in [5, 5.41) is 2.80. The number of rotatable bonds is 3. The highest BCUT2D eigenvalue weighted by molar-refractivity contribution is 6.01. The van der Waals surface area contributed by atoms with Gasteiger partial charge in [-0.1, -0.05) is 127 Å². The molecule has 0 saturated carbocycles. The fourth-order valence-electron chi connectivity index (χ4n) is 7.65. The standard InChI is InChI=1S/C38H33N/c1-3-12-26(13-4-1)29-22-23-37-34(24-29)35-25-33(28-14-5-2-6-15-28)31-19-9-10-20-32(31)38(35)39(37)36-21-11-17-27-16-7-8-18-30(27)36/h1-14,16-21,24-25,27-28,30,34,37H,15,22-23H2. The van der Waals surface area contributed by atoms with Crippen molar-refractivity contribution in [3.05, 3.63) is 156 Å². The van der Waals surface area contributed by atoms with Crippen LogP contribution in [0, 0.1) is 11.8 Å². The van der Waals surface area contributed by atoms with Crippen molar-refractivity contribution in [3.63, 3.8) is 0 Å². The highest BCUT2D eigenvalue weighted by Gasteiger charge is 2.44. The average Bonchev–Trinajstić information content (AvgIpc) is 3.35. The largest absolute Gasteiger partial charge is 0.340 e. The van der Waals surface area contributed by atoms with Crippen LogP contribution in [0.4, 0.5) is 5.69 Å². The number of nitrogens with zero attached hydrogens (tertiary/aromatic N) is 1. The third kappa shape index (κ3) is 3.67. The third-order valence-corrected chi connectivity index (χ3v) is 9.44. The Morgan fingerprint density at radius 2 is 1.49 bits per heavy atom.